The molecular weight excluding hydrogens is 166 g/mol. The molecule has 3 nitrogen and oxygen atoms in total. The van der Waals surface area contributed by atoms with Crippen molar-refractivity contribution in [2.75, 3.05) is 13.2 Å². The van der Waals surface area contributed by atoms with Crippen LogP contribution in [-0.2, 0) is 4.74 Å². The van der Waals surface area contributed by atoms with E-state index in [1.165, 1.54) is 12.8 Å². The predicted octanol–water partition coefficient (Wildman–Crippen LogP) is 0.757. The van der Waals surface area contributed by atoms with Crippen LogP contribution in [0.15, 0.2) is 0 Å². The van der Waals surface area contributed by atoms with Crippen molar-refractivity contribution >= 4 is 0 Å². The van der Waals surface area contributed by atoms with Crippen molar-refractivity contribution in [3.63, 3.8) is 0 Å². The van der Waals surface area contributed by atoms with Crippen LogP contribution < -0.4 is 5.73 Å². The lowest BCUT2D eigenvalue weighted by Gasteiger charge is -2.25. The van der Waals surface area contributed by atoms with Gasteiger partial charge < -0.3 is 15.6 Å². The van der Waals surface area contributed by atoms with Crippen LogP contribution in [0.2, 0.25) is 0 Å². The van der Waals surface area contributed by atoms with E-state index < -0.39 is 0 Å². The van der Waals surface area contributed by atoms with Crippen molar-refractivity contribution < 1.29 is 9.84 Å². The maximum Gasteiger partial charge on any atom is 0.0958 e. The molecular formula is C10H21NO2. The summed E-state index contributed by atoms with van der Waals surface area (Å²) in [7, 11) is 0. The molecule has 0 heterocycles. The Morgan fingerprint density at radius 2 is 2.08 bits per heavy atom. The van der Waals surface area contributed by atoms with Crippen LogP contribution in [0.25, 0.3) is 0 Å². The smallest absolute Gasteiger partial charge is 0.0958 e. The van der Waals surface area contributed by atoms with Gasteiger partial charge in [-0.3, -0.25) is 0 Å². The molecule has 0 bridgehead atoms. The first-order chi connectivity index (χ1) is 6.15. The lowest BCUT2D eigenvalue weighted by atomic mass is 10.00. The van der Waals surface area contributed by atoms with E-state index in [0.717, 1.165) is 12.5 Å². The van der Waals surface area contributed by atoms with Crippen molar-refractivity contribution in [3.8, 4) is 0 Å². The molecule has 3 heteroatoms. The number of hydrogen-bond acceptors (Lipinski definition) is 3. The van der Waals surface area contributed by atoms with Crippen molar-refractivity contribution in [2.24, 2.45) is 17.6 Å². The molecule has 1 saturated carbocycles. The van der Waals surface area contributed by atoms with E-state index in [4.69, 9.17) is 15.6 Å². The lowest BCUT2D eigenvalue weighted by Crippen LogP contribution is -2.43. The molecule has 0 aliphatic heterocycles. The Morgan fingerprint density at radius 3 is 2.46 bits per heavy atom. The molecule has 0 radical (unpaired) electrons. The molecule has 2 atom stereocenters. The number of rotatable bonds is 6. The third-order valence-electron chi connectivity index (χ3n) is 2.62. The van der Waals surface area contributed by atoms with Crippen molar-refractivity contribution in [2.45, 2.75) is 38.8 Å². The van der Waals surface area contributed by atoms with Gasteiger partial charge in [-0.1, -0.05) is 13.8 Å². The van der Waals surface area contributed by atoms with Gasteiger partial charge in [0.2, 0.25) is 0 Å². The highest BCUT2D eigenvalue weighted by Crippen LogP contribution is 2.29. The SMILES string of the molecule is CC(C)C(N)C(CO)OCC1CC1. The fourth-order valence-electron chi connectivity index (χ4n) is 1.26. The standard InChI is InChI=1S/C10H21NO2/c1-7(2)10(11)9(5-12)13-6-8-3-4-8/h7-10,12H,3-6,11H2,1-2H3. The Labute approximate surface area is 80.3 Å². The quantitative estimate of drug-likeness (QED) is 0.645. The van der Waals surface area contributed by atoms with Crippen molar-refractivity contribution in [1.82, 2.24) is 0 Å². The molecule has 0 aromatic heterocycles. The van der Waals surface area contributed by atoms with Gasteiger partial charge in [-0.2, -0.15) is 0 Å². The van der Waals surface area contributed by atoms with Gasteiger partial charge in [0.1, 0.15) is 0 Å². The zero-order valence-electron chi connectivity index (χ0n) is 8.57. The zero-order chi connectivity index (χ0) is 9.84. The molecule has 0 aromatic rings. The second-order valence-electron chi connectivity index (χ2n) is 4.32. The Balaban J connectivity index is 2.22. The first-order valence-electron chi connectivity index (χ1n) is 5.13. The molecule has 2 unspecified atom stereocenters. The minimum Gasteiger partial charge on any atom is -0.394 e. The van der Waals surface area contributed by atoms with Crippen molar-refractivity contribution in [1.29, 1.82) is 0 Å². The second kappa shape index (κ2) is 4.94. The summed E-state index contributed by atoms with van der Waals surface area (Å²) in [6.45, 7) is 4.90. The number of hydrogen-bond donors (Lipinski definition) is 2. The molecule has 0 spiro atoms. The highest BCUT2D eigenvalue weighted by atomic mass is 16.5. The van der Waals surface area contributed by atoms with Crippen LogP contribution in [0.5, 0.6) is 0 Å². The maximum atomic E-state index is 9.07. The van der Waals surface area contributed by atoms with E-state index in [1.807, 2.05) is 13.8 Å². The first kappa shape index (κ1) is 11.0. The molecule has 0 saturated heterocycles. The minimum atomic E-state index is -0.180. The number of aliphatic hydroxyl groups is 1. The second-order valence-corrected chi connectivity index (χ2v) is 4.32. The predicted molar refractivity (Wildman–Crippen MR) is 52.4 cm³/mol. The summed E-state index contributed by atoms with van der Waals surface area (Å²) in [5.74, 6) is 1.09. The topological polar surface area (TPSA) is 55.5 Å². The van der Waals surface area contributed by atoms with E-state index in [-0.39, 0.29) is 18.8 Å². The molecule has 1 aliphatic rings. The van der Waals surface area contributed by atoms with E-state index in [1.54, 1.807) is 0 Å². The summed E-state index contributed by atoms with van der Waals surface area (Å²) in [6, 6.07) is -0.0521. The third kappa shape index (κ3) is 3.63. The van der Waals surface area contributed by atoms with E-state index >= 15 is 0 Å². The third-order valence-corrected chi connectivity index (χ3v) is 2.62. The molecule has 78 valence electrons. The summed E-state index contributed by atoms with van der Waals surface area (Å²) < 4.78 is 5.56. The molecule has 13 heavy (non-hydrogen) atoms. The molecule has 0 aromatic carbocycles. The van der Waals surface area contributed by atoms with Crippen molar-refractivity contribution in [3.05, 3.63) is 0 Å². The zero-order valence-corrected chi connectivity index (χ0v) is 8.57. The summed E-state index contributed by atoms with van der Waals surface area (Å²) in [6.07, 6.45) is 2.37. The van der Waals surface area contributed by atoms with Crippen LogP contribution in [0, 0.1) is 11.8 Å². The summed E-state index contributed by atoms with van der Waals surface area (Å²) in [5.41, 5.74) is 5.89. The highest BCUT2D eigenvalue weighted by Gasteiger charge is 2.26. The molecule has 1 fully saturated rings. The highest BCUT2D eigenvalue weighted by molar-refractivity contribution is 4.78. The summed E-state index contributed by atoms with van der Waals surface area (Å²) >= 11 is 0. The van der Waals surface area contributed by atoms with Crippen LogP contribution in [0.4, 0.5) is 0 Å². The minimum absolute atomic E-state index is 0.0338. The van der Waals surface area contributed by atoms with Crippen LogP contribution in [-0.4, -0.2) is 30.5 Å². The average molecular weight is 187 g/mol. The number of aliphatic hydroxyl groups excluding tert-OH is 1. The summed E-state index contributed by atoms with van der Waals surface area (Å²) in [4.78, 5) is 0. The maximum absolute atomic E-state index is 9.07. The fourth-order valence-corrected chi connectivity index (χ4v) is 1.26. The van der Waals surface area contributed by atoms with E-state index in [9.17, 15) is 0 Å². The van der Waals surface area contributed by atoms with Gasteiger partial charge >= 0.3 is 0 Å². The monoisotopic (exact) mass is 187 g/mol. The first-order valence-corrected chi connectivity index (χ1v) is 5.13. The fraction of sp³-hybridized carbons (Fsp3) is 1.00. The van der Waals surface area contributed by atoms with Crippen LogP contribution in [0.1, 0.15) is 26.7 Å². The summed E-state index contributed by atoms with van der Waals surface area (Å²) in [5, 5.41) is 9.07. The van der Waals surface area contributed by atoms with Gasteiger partial charge in [-0.15, -0.1) is 0 Å². The molecule has 3 N–H and O–H groups in total. The molecule has 1 rings (SSSR count). The Bertz CT molecular complexity index is 146. The van der Waals surface area contributed by atoms with Gasteiger partial charge in [0, 0.05) is 12.6 Å². The largest absolute Gasteiger partial charge is 0.394 e. The van der Waals surface area contributed by atoms with Crippen LogP contribution in [0.3, 0.4) is 0 Å². The Morgan fingerprint density at radius 1 is 1.46 bits per heavy atom. The molecule has 1 aliphatic carbocycles. The van der Waals surface area contributed by atoms with Gasteiger partial charge in [-0.25, -0.2) is 0 Å². The normalized spacial score (nSPS) is 21.9. The Kier molecular flexibility index (Phi) is 4.16. The number of nitrogens with two attached hydrogens (primary N) is 1. The molecule has 0 amide bonds. The number of ether oxygens (including phenoxy) is 1. The van der Waals surface area contributed by atoms with E-state index in [0.29, 0.717) is 5.92 Å². The average Bonchev–Trinajstić information content (AvgIpc) is 2.88. The lowest BCUT2D eigenvalue weighted by molar-refractivity contribution is -0.0156. The van der Waals surface area contributed by atoms with Gasteiger partial charge in [0.15, 0.2) is 0 Å². The van der Waals surface area contributed by atoms with Gasteiger partial charge in [-0.05, 0) is 24.7 Å². The van der Waals surface area contributed by atoms with E-state index in [2.05, 4.69) is 0 Å². The van der Waals surface area contributed by atoms with Gasteiger partial charge in [0.05, 0.1) is 12.7 Å². The Hall–Kier alpha value is -0.120. The van der Waals surface area contributed by atoms with Crippen LogP contribution >= 0.6 is 0 Å². The van der Waals surface area contributed by atoms with Gasteiger partial charge in [0.25, 0.3) is 0 Å².